The van der Waals surface area contributed by atoms with Crippen molar-refractivity contribution in [2.24, 2.45) is 5.92 Å². The molecule has 0 aromatic heterocycles. The van der Waals surface area contributed by atoms with Crippen LogP contribution in [0.25, 0.3) is 0 Å². The summed E-state index contributed by atoms with van der Waals surface area (Å²) in [7, 11) is 0. The van der Waals surface area contributed by atoms with E-state index in [9.17, 15) is 4.79 Å². The van der Waals surface area contributed by atoms with Gasteiger partial charge in [0, 0.05) is 5.92 Å². The second-order valence-electron chi connectivity index (χ2n) is 1.87. The van der Waals surface area contributed by atoms with Gasteiger partial charge >= 0.3 is 0 Å². The quantitative estimate of drug-likeness (QED) is 0.546. The van der Waals surface area contributed by atoms with Gasteiger partial charge in [0.05, 0.1) is 6.61 Å². The lowest BCUT2D eigenvalue weighted by Gasteiger charge is -2.00. The second kappa shape index (κ2) is 4.78. The second-order valence-corrected chi connectivity index (χ2v) is 1.87. The maximum absolute atomic E-state index is 9.97. The number of hydrogen-bond donors (Lipinski definition) is 1. The van der Waals surface area contributed by atoms with Gasteiger partial charge in [-0.3, -0.25) is 0 Å². The molecule has 0 bridgehead atoms. The van der Waals surface area contributed by atoms with E-state index in [4.69, 9.17) is 5.11 Å². The molecule has 0 aliphatic heterocycles. The van der Waals surface area contributed by atoms with E-state index in [1.54, 1.807) is 0 Å². The van der Waals surface area contributed by atoms with Crippen molar-refractivity contribution in [1.82, 2.24) is 0 Å². The van der Waals surface area contributed by atoms with E-state index in [0.29, 0.717) is 0 Å². The molecule has 1 N–H and O–H groups in total. The van der Waals surface area contributed by atoms with Crippen molar-refractivity contribution in [2.45, 2.75) is 19.8 Å². The summed E-state index contributed by atoms with van der Waals surface area (Å²) in [5.74, 6) is -0.125. The summed E-state index contributed by atoms with van der Waals surface area (Å²) in [5.41, 5.74) is 0. The number of carbonyl (C=O) groups excluding carboxylic acids is 1. The van der Waals surface area contributed by atoms with E-state index >= 15 is 0 Å². The molecule has 1 atom stereocenters. The van der Waals surface area contributed by atoms with Crippen molar-refractivity contribution in [1.29, 1.82) is 0 Å². The third-order valence-corrected chi connectivity index (χ3v) is 1.09. The average molecular weight is 116 g/mol. The van der Waals surface area contributed by atoms with Gasteiger partial charge in [-0.25, -0.2) is 0 Å². The lowest BCUT2D eigenvalue weighted by molar-refractivity contribution is -0.112. The van der Waals surface area contributed by atoms with E-state index in [-0.39, 0.29) is 12.5 Å². The number of carbonyl (C=O) groups is 1. The molecule has 0 aromatic rings. The SMILES string of the molecule is CCC[C@H](C=O)CO. The maximum atomic E-state index is 9.97. The molecular weight excluding hydrogens is 104 g/mol. The van der Waals surface area contributed by atoms with Crippen LogP contribution in [0.15, 0.2) is 0 Å². The van der Waals surface area contributed by atoms with Gasteiger partial charge in [-0.05, 0) is 6.42 Å². The van der Waals surface area contributed by atoms with Crippen molar-refractivity contribution in [2.75, 3.05) is 6.61 Å². The minimum absolute atomic E-state index is 0.00264. The fourth-order valence-corrected chi connectivity index (χ4v) is 0.573. The number of aldehydes is 1. The van der Waals surface area contributed by atoms with Crippen LogP contribution in [-0.2, 0) is 4.79 Å². The van der Waals surface area contributed by atoms with Crippen molar-refractivity contribution in [3.8, 4) is 0 Å². The Balaban J connectivity index is 3.21. The predicted molar refractivity (Wildman–Crippen MR) is 31.5 cm³/mol. The third-order valence-electron chi connectivity index (χ3n) is 1.09. The first kappa shape index (κ1) is 7.63. The van der Waals surface area contributed by atoms with Crippen LogP contribution in [0.1, 0.15) is 19.8 Å². The minimum atomic E-state index is -0.125. The number of rotatable bonds is 4. The molecule has 8 heavy (non-hydrogen) atoms. The number of aliphatic hydroxyl groups excluding tert-OH is 1. The lowest BCUT2D eigenvalue weighted by Crippen LogP contribution is -2.05. The zero-order valence-corrected chi connectivity index (χ0v) is 5.13. The predicted octanol–water partition coefficient (Wildman–Crippen LogP) is 0.594. The summed E-state index contributed by atoms with van der Waals surface area (Å²) >= 11 is 0. The summed E-state index contributed by atoms with van der Waals surface area (Å²) in [6, 6.07) is 0. The monoisotopic (exact) mass is 116 g/mol. The Labute approximate surface area is 49.5 Å². The summed E-state index contributed by atoms with van der Waals surface area (Å²) in [6.45, 7) is 1.99. The number of hydrogen-bond acceptors (Lipinski definition) is 2. The molecule has 0 saturated heterocycles. The lowest BCUT2D eigenvalue weighted by atomic mass is 10.1. The highest BCUT2D eigenvalue weighted by atomic mass is 16.3. The van der Waals surface area contributed by atoms with Gasteiger partial charge in [0.2, 0.25) is 0 Å². The molecule has 2 heteroatoms. The van der Waals surface area contributed by atoms with Crippen LogP contribution in [0.4, 0.5) is 0 Å². The zero-order chi connectivity index (χ0) is 6.41. The fourth-order valence-electron chi connectivity index (χ4n) is 0.573. The average Bonchev–Trinajstić information content (AvgIpc) is 1.83. The van der Waals surface area contributed by atoms with E-state index in [0.717, 1.165) is 19.1 Å². The Morgan fingerprint density at radius 3 is 2.50 bits per heavy atom. The third kappa shape index (κ3) is 2.75. The molecule has 0 heterocycles. The molecule has 0 aliphatic carbocycles. The molecule has 0 aromatic carbocycles. The fraction of sp³-hybridized carbons (Fsp3) is 0.833. The van der Waals surface area contributed by atoms with Gasteiger partial charge in [-0.15, -0.1) is 0 Å². The topological polar surface area (TPSA) is 37.3 Å². The molecular formula is C6H12O2. The van der Waals surface area contributed by atoms with Crippen LogP contribution in [0.5, 0.6) is 0 Å². The van der Waals surface area contributed by atoms with Crippen molar-refractivity contribution < 1.29 is 9.90 Å². The molecule has 0 spiro atoms. The van der Waals surface area contributed by atoms with Crippen LogP contribution in [0.2, 0.25) is 0 Å². The zero-order valence-electron chi connectivity index (χ0n) is 5.13. The molecule has 0 aliphatic rings. The highest BCUT2D eigenvalue weighted by Gasteiger charge is 2.01. The first-order chi connectivity index (χ1) is 3.85. The highest BCUT2D eigenvalue weighted by Crippen LogP contribution is 1.99. The summed E-state index contributed by atoms with van der Waals surface area (Å²) in [4.78, 5) is 9.97. The largest absolute Gasteiger partial charge is 0.396 e. The Hall–Kier alpha value is -0.370. The van der Waals surface area contributed by atoms with Crippen molar-refractivity contribution in [3.05, 3.63) is 0 Å². The molecule has 48 valence electrons. The van der Waals surface area contributed by atoms with E-state index in [2.05, 4.69) is 0 Å². The Morgan fingerprint density at radius 2 is 2.38 bits per heavy atom. The molecule has 2 nitrogen and oxygen atoms in total. The van der Waals surface area contributed by atoms with Gasteiger partial charge in [0.25, 0.3) is 0 Å². The summed E-state index contributed by atoms with van der Waals surface area (Å²) in [5, 5.41) is 8.43. The normalized spacial score (nSPS) is 13.2. The highest BCUT2D eigenvalue weighted by molar-refractivity contribution is 5.53. The molecule has 0 radical (unpaired) electrons. The van der Waals surface area contributed by atoms with Gasteiger partial charge in [0.1, 0.15) is 6.29 Å². The molecule has 0 amide bonds. The van der Waals surface area contributed by atoms with Crippen molar-refractivity contribution in [3.63, 3.8) is 0 Å². The minimum Gasteiger partial charge on any atom is -0.396 e. The van der Waals surface area contributed by atoms with Gasteiger partial charge in [-0.2, -0.15) is 0 Å². The van der Waals surface area contributed by atoms with Crippen molar-refractivity contribution >= 4 is 6.29 Å². The van der Waals surface area contributed by atoms with Gasteiger partial charge in [0.15, 0.2) is 0 Å². The van der Waals surface area contributed by atoms with Crippen LogP contribution >= 0.6 is 0 Å². The summed E-state index contributed by atoms with van der Waals surface area (Å²) in [6.07, 6.45) is 2.58. The van der Waals surface area contributed by atoms with Gasteiger partial charge < -0.3 is 9.90 Å². The first-order valence-electron chi connectivity index (χ1n) is 2.91. The van der Waals surface area contributed by atoms with E-state index in [1.165, 1.54) is 0 Å². The maximum Gasteiger partial charge on any atom is 0.125 e. The standard InChI is InChI=1S/C6H12O2/c1-2-3-6(4-7)5-8/h4,6,8H,2-3,5H2,1H3/t6-/m1/s1. The van der Waals surface area contributed by atoms with E-state index in [1.807, 2.05) is 6.92 Å². The Kier molecular flexibility index (Phi) is 4.56. The summed E-state index contributed by atoms with van der Waals surface area (Å²) < 4.78 is 0. The van der Waals surface area contributed by atoms with Crippen LogP contribution in [0.3, 0.4) is 0 Å². The van der Waals surface area contributed by atoms with Crippen LogP contribution in [-0.4, -0.2) is 18.0 Å². The number of aliphatic hydroxyl groups is 1. The van der Waals surface area contributed by atoms with Crippen LogP contribution in [0, 0.1) is 5.92 Å². The van der Waals surface area contributed by atoms with Crippen LogP contribution < -0.4 is 0 Å². The molecule has 0 fully saturated rings. The van der Waals surface area contributed by atoms with E-state index < -0.39 is 0 Å². The first-order valence-corrected chi connectivity index (χ1v) is 2.91. The Bertz CT molecular complexity index is 61.5. The molecule has 0 saturated carbocycles. The molecule has 0 rings (SSSR count). The molecule has 0 unspecified atom stereocenters. The smallest absolute Gasteiger partial charge is 0.125 e. The Morgan fingerprint density at radius 1 is 1.75 bits per heavy atom. The van der Waals surface area contributed by atoms with Gasteiger partial charge in [-0.1, -0.05) is 13.3 Å².